The van der Waals surface area contributed by atoms with Crippen LogP contribution in [0.4, 0.5) is 0 Å². The van der Waals surface area contributed by atoms with Gasteiger partial charge in [0.2, 0.25) is 5.91 Å². The molecule has 4 heteroatoms. The van der Waals surface area contributed by atoms with Gasteiger partial charge in [0.25, 0.3) is 0 Å². The van der Waals surface area contributed by atoms with Crippen molar-refractivity contribution in [1.82, 2.24) is 15.1 Å². The highest BCUT2D eigenvalue weighted by atomic mass is 16.2. The van der Waals surface area contributed by atoms with E-state index >= 15 is 0 Å². The Balaban J connectivity index is 1.42. The fourth-order valence-corrected chi connectivity index (χ4v) is 3.91. The zero-order valence-electron chi connectivity index (χ0n) is 18.3. The van der Waals surface area contributed by atoms with Gasteiger partial charge in [0, 0.05) is 32.7 Å². The molecule has 0 bridgehead atoms. The predicted molar refractivity (Wildman–Crippen MR) is 125 cm³/mol. The summed E-state index contributed by atoms with van der Waals surface area (Å²) in [5.74, 6) is 0.657. The van der Waals surface area contributed by atoms with Crippen molar-refractivity contribution in [3.8, 4) is 0 Å². The molecule has 1 aliphatic rings. The lowest BCUT2D eigenvalue weighted by molar-refractivity contribution is -0.123. The van der Waals surface area contributed by atoms with Crippen molar-refractivity contribution in [2.45, 2.75) is 26.3 Å². The molecule has 0 aromatic heterocycles. The number of hydrogen-bond donors (Lipinski definition) is 1. The average molecular weight is 406 g/mol. The van der Waals surface area contributed by atoms with Crippen molar-refractivity contribution in [2.75, 3.05) is 39.3 Å². The Morgan fingerprint density at radius 1 is 0.933 bits per heavy atom. The van der Waals surface area contributed by atoms with Crippen LogP contribution in [0.3, 0.4) is 0 Å². The minimum absolute atomic E-state index is 0.0862. The maximum atomic E-state index is 12.7. The summed E-state index contributed by atoms with van der Waals surface area (Å²) in [6, 6.07) is 20.8. The van der Waals surface area contributed by atoms with E-state index in [4.69, 9.17) is 0 Å². The molecule has 3 rings (SSSR count). The number of amides is 1. The SMILES string of the molecule is CC(C)C[C@@H](NC(=O)CN1CCN(C/C=C/c2ccccc2)CC1)c1ccccc1. The summed E-state index contributed by atoms with van der Waals surface area (Å²) in [5.41, 5.74) is 2.43. The molecule has 1 heterocycles. The van der Waals surface area contributed by atoms with Gasteiger partial charge < -0.3 is 5.32 Å². The Hall–Kier alpha value is -2.43. The topological polar surface area (TPSA) is 35.6 Å². The monoisotopic (exact) mass is 405 g/mol. The summed E-state index contributed by atoms with van der Waals surface area (Å²) in [7, 11) is 0. The van der Waals surface area contributed by atoms with Gasteiger partial charge in [-0.15, -0.1) is 0 Å². The fraction of sp³-hybridized carbons (Fsp3) is 0.423. The molecular weight excluding hydrogens is 370 g/mol. The van der Waals surface area contributed by atoms with Crippen LogP contribution in [0.25, 0.3) is 6.08 Å². The highest BCUT2D eigenvalue weighted by Gasteiger charge is 2.21. The quantitative estimate of drug-likeness (QED) is 0.678. The molecule has 30 heavy (non-hydrogen) atoms. The summed E-state index contributed by atoms with van der Waals surface area (Å²) < 4.78 is 0. The van der Waals surface area contributed by atoms with E-state index in [0.29, 0.717) is 12.5 Å². The van der Waals surface area contributed by atoms with Crippen molar-refractivity contribution in [2.24, 2.45) is 5.92 Å². The first-order chi connectivity index (χ1) is 14.6. The van der Waals surface area contributed by atoms with Crippen LogP contribution >= 0.6 is 0 Å². The molecule has 0 aliphatic carbocycles. The molecule has 0 radical (unpaired) electrons. The molecule has 2 aromatic carbocycles. The van der Waals surface area contributed by atoms with Crippen LogP contribution in [0.1, 0.15) is 37.4 Å². The number of nitrogens with zero attached hydrogens (tertiary/aromatic N) is 2. The lowest BCUT2D eigenvalue weighted by Crippen LogP contribution is -2.49. The van der Waals surface area contributed by atoms with Crippen LogP contribution in [0.2, 0.25) is 0 Å². The third-order valence-corrected chi connectivity index (χ3v) is 5.55. The van der Waals surface area contributed by atoms with Crippen molar-refractivity contribution < 1.29 is 4.79 Å². The van der Waals surface area contributed by atoms with E-state index in [1.54, 1.807) is 0 Å². The van der Waals surface area contributed by atoms with E-state index in [2.05, 4.69) is 77.5 Å². The number of carbonyl (C=O) groups excluding carboxylic acids is 1. The van der Waals surface area contributed by atoms with Crippen LogP contribution in [0.5, 0.6) is 0 Å². The number of benzene rings is 2. The van der Waals surface area contributed by atoms with Crippen LogP contribution in [-0.2, 0) is 4.79 Å². The van der Waals surface area contributed by atoms with Crippen LogP contribution < -0.4 is 5.32 Å². The Labute approximate surface area is 181 Å². The number of nitrogens with one attached hydrogen (secondary N) is 1. The lowest BCUT2D eigenvalue weighted by Gasteiger charge is -2.34. The number of rotatable bonds is 9. The summed E-state index contributed by atoms with van der Waals surface area (Å²) >= 11 is 0. The van der Waals surface area contributed by atoms with E-state index in [0.717, 1.165) is 39.1 Å². The van der Waals surface area contributed by atoms with E-state index in [1.165, 1.54) is 11.1 Å². The zero-order chi connectivity index (χ0) is 21.2. The van der Waals surface area contributed by atoms with Crippen molar-refractivity contribution in [1.29, 1.82) is 0 Å². The van der Waals surface area contributed by atoms with Crippen molar-refractivity contribution >= 4 is 12.0 Å². The second kappa shape index (κ2) is 11.7. The van der Waals surface area contributed by atoms with Crippen LogP contribution in [0.15, 0.2) is 66.7 Å². The highest BCUT2D eigenvalue weighted by Crippen LogP contribution is 2.21. The summed E-state index contributed by atoms with van der Waals surface area (Å²) in [4.78, 5) is 17.4. The first-order valence-electron chi connectivity index (χ1n) is 11.1. The molecule has 1 aliphatic heterocycles. The second-order valence-corrected chi connectivity index (χ2v) is 8.55. The molecule has 0 unspecified atom stereocenters. The number of carbonyl (C=O) groups is 1. The fourth-order valence-electron chi connectivity index (χ4n) is 3.91. The molecule has 1 saturated heterocycles. The van der Waals surface area contributed by atoms with E-state index in [1.807, 2.05) is 24.3 Å². The Bertz CT molecular complexity index is 780. The minimum atomic E-state index is 0.0862. The van der Waals surface area contributed by atoms with Crippen LogP contribution in [-0.4, -0.2) is 55.0 Å². The van der Waals surface area contributed by atoms with Gasteiger partial charge in [-0.05, 0) is 23.5 Å². The molecule has 4 nitrogen and oxygen atoms in total. The predicted octanol–water partition coefficient (Wildman–Crippen LogP) is 4.22. The Kier molecular flexibility index (Phi) is 8.66. The standard InChI is InChI=1S/C26H35N3O/c1-22(2)20-25(24-13-7-4-8-14-24)27-26(30)21-29-18-16-28(17-19-29)15-9-12-23-10-5-3-6-11-23/h3-14,22,25H,15-21H2,1-2H3,(H,27,30)/b12-9+/t25-/m1/s1. The molecule has 1 N–H and O–H groups in total. The normalized spacial score (nSPS) is 16.8. The number of hydrogen-bond acceptors (Lipinski definition) is 3. The number of piperazine rings is 1. The molecule has 2 aromatic rings. The summed E-state index contributed by atoms with van der Waals surface area (Å²) in [6.07, 6.45) is 5.36. The first kappa shape index (κ1) is 22.3. The third-order valence-electron chi connectivity index (χ3n) is 5.55. The van der Waals surface area contributed by atoms with Gasteiger partial charge in [-0.1, -0.05) is 86.7 Å². The maximum Gasteiger partial charge on any atom is 0.234 e. The van der Waals surface area contributed by atoms with E-state index in [9.17, 15) is 4.79 Å². The molecule has 160 valence electrons. The molecule has 1 atom stereocenters. The van der Waals surface area contributed by atoms with Gasteiger partial charge in [0.1, 0.15) is 0 Å². The van der Waals surface area contributed by atoms with Gasteiger partial charge >= 0.3 is 0 Å². The molecule has 0 saturated carbocycles. The first-order valence-corrected chi connectivity index (χ1v) is 11.1. The van der Waals surface area contributed by atoms with Gasteiger partial charge in [0.15, 0.2) is 0 Å². The smallest absolute Gasteiger partial charge is 0.234 e. The zero-order valence-corrected chi connectivity index (χ0v) is 18.3. The van der Waals surface area contributed by atoms with Crippen LogP contribution in [0, 0.1) is 5.92 Å². The Morgan fingerprint density at radius 3 is 2.17 bits per heavy atom. The molecule has 1 amide bonds. The highest BCUT2D eigenvalue weighted by molar-refractivity contribution is 5.78. The summed E-state index contributed by atoms with van der Waals surface area (Å²) in [6.45, 7) is 9.72. The molecular formula is C26H35N3O. The maximum absolute atomic E-state index is 12.7. The molecule has 0 spiro atoms. The van der Waals surface area contributed by atoms with E-state index < -0.39 is 0 Å². The van der Waals surface area contributed by atoms with Gasteiger partial charge in [-0.2, -0.15) is 0 Å². The van der Waals surface area contributed by atoms with Gasteiger partial charge in [-0.25, -0.2) is 0 Å². The minimum Gasteiger partial charge on any atom is -0.348 e. The average Bonchev–Trinajstić information content (AvgIpc) is 2.75. The van der Waals surface area contributed by atoms with Gasteiger partial charge in [0.05, 0.1) is 12.6 Å². The second-order valence-electron chi connectivity index (χ2n) is 8.55. The van der Waals surface area contributed by atoms with E-state index in [-0.39, 0.29) is 11.9 Å². The largest absolute Gasteiger partial charge is 0.348 e. The Morgan fingerprint density at radius 2 is 1.53 bits per heavy atom. The lowest BCUT2D eigenvalue weighted by atomic mass is 9.97. The summed E-state index contributed by atoms with van der Waals surface area (Å²) in [5, 5.41) is 3.27. The van der Waals surface area contributed by atoms with Crippen molar-refractivity contribution in [3.05, 3.63) is 77.9 Å². The third kappa shape index (κ3) is 7.43. The van der Waals surface area contributed by atoms with Crippen molar-refractivity contribution in [3.63, 3.8) is 0 Å². The van der Waals surface area contributed by atoms with Gasteiger partial charge in [-0.3, -0.25) is 14.6 Å². The molecule has 1 fully saturated rings.